The molecule has 0 aliphatic rings. The number of aromatic nitrogens is 2. The van der Waals surface area contributed by atoms with Crippen LogP contribution in [0.2, 0.25) is 15.2 Å². The number of aromatic amines is 1. The van der Waals surface area contributed by atoms with E-state index in [4.69, 9.17) is 34.8 Å². The van der Waals surface area contributed by atoms with Gasteiger partial charge in [-0.05, 0) is 18.2 Å². The standard InChI is InChI=1S/C10H5Cl3N2O2/c11-5-1-2-6(12)7(3-5)15-9(16)4-8(13)14-10(15)17/h1-4H,(H,14,17). The van der Waals surface area contributed by atoms with Crippen LogP contribution in [0.25, 0.3) is 5.69 Å². The van der Waals surface area contributed by atoms with Crippen LogP contribution in [-0.2, 0) is 0 Å². The molecule has 0 atom stereocenters. The summed E-state index contributed by atoms with van der Waals surface area (Å²) >= 11 is 17.3. The molecular formula is C10H5Cl3N2O2. The van der Waals surface area contributed by atoms with Crippen LogP contribution in [0.4, 0.5) is 0 Å². The van der Waals surface area contributed by atoms with Gasteiger partial charge in [0.05, 0.1) is 10.7 Å². The first-order valence-corrected chi connectivity index (χ1v) is 5.60. The zero-order valence-electron chi connectivity index (χ0n) is 8.21. The van der Waals surface area contributed by atoms with Crippen molar-refractivity contribution in [1.82, 2.24) is 9.55 Å². The number of H-pyrrole nitrogens is 1. The van der Waals surface area contributed by atoms with Crippen molar-refractivity contribution in [3.8, 4) is 5.69 Å². The van der Waals surface area contributed by atoms with Gasteiger partial charge in [0, 0.05) is 11.1 Å². The molecule has 2 rings (SSSR count). The van der Waals surface area contributed by atoms with E-state index in [0.717, 1.165) is 10.6 Å². The number of hydrogen-bond acceptors (Lipinski definition) is 2. The summed E-state index contributed by atoms with van der Waals surface area (Å²) in [5.74, 6) is 0. The van der Waals surface area contributed by atoms with Crippen LogP contribution in [0.3, 0.4) is 0 Å². The molecule has 0 amide bonds. The minimum absolute atomic E-state index is 0.0330. The second kappa shape index (κ2) is 4.56. The molecule has 7 heteroatoms. The molecule has 0 radical (unpaired) electrons. The molecule has 0 unspecified atom stereocenters. The minimum Gasteiger partial charge on any atom is -0.297 e. The van der Waals surface area contributed by atoms with Crippen molar-refractivity contribution >= 4 is 34.8 Å². The summed E-state index contributed by atoms with van der Waals surface area (Å²) in [4.78, 5) is 25.6. The quantitative estimate of drug-likeness (QED) is 0.821. The number of nitrogens with one attached hydrogen (secondary N) is 1. The molecule has 0 aliphatic carbocycles. The maximum atomic E-state index is 11.7. The molecule has 88 valence electrons. The number of benzene rings is 1. The highest BCUT2D eigenvalue weighted by Gasteiger charge is 2.10. The van der Waals surface area contributed by atoms with E-state index in [1.807, 2.05) is 0 Å². The second-order valence-electron chi connectivity index (χ2n) is 3.19. The fourth-order valence-electron chi connectivity index (χ4n) is 1.35. The van der Waals surface area contributed by atoms with Gasteiger partial charge in [0.15, 0.2) is 0 Å². The number of rotatable bonds is 1. The van der Waals surface area contributed by atoms with Gasteiger partial charge in [-0.15, -0.1) is 0 Å². The molecule has 0 saturated heterocycles. The Balaban J connectivity index is 2.82. The molecule has 1 aromatic heterocycles. The van der Waals surface area contributed by atoms with Gasteiger partial charge in [0.2, 0.25) is 0 Å². The predicted molar refractivity (Wildman–Crippen MR) is 67.7 cm³/mol. The smallest absolute Gasteiger partial charge is 0.297 e. The lowest BCUT2D eigenvalue weighted by Crippen LogP contribution is -2.33. The summed E-state index contributed by atoms with van der Waals surface area (Å²) in [5, 5.41) is 0.573. The van der Waals surface area contributed by atoms with Gasteiger partial charge in [-0.1, -0.05) is 34.8 Å². The minimum atomic E-state index is -0.674. The first-order valence-electron chi connectivity index (χ1n) is 4.46. The lowest BCUT2D eigenvalue weighted by molar-refractivity contribution is 0.876. The first kappa shape index (κ1) is 12.2. The normalized spacial score (nSPS) is 10.5. The summed E-state index contributed by atoms with van der Waals surface area (Å²) in [6.07, 6.45) is 0. The van der Waals surface area contributed by atoms with E-state index in [9.17, 15) is 9.59 Å². The van der Waals surface area contributed by atoms with E-state index in [1.54, 1.807) is 6.07 Å². The molecule has 2 aromatic rings. The average Bonchev–Trinajstić information content (AvgIpc) is 2.21. The first-order chi connectivity index (χ1) is 7.99. The molecule has 1 aromatic carbocycles. The van der Waals surface area contributed by atoms with Crippen molar-refractivity contribution in [2.24, 2.45) is 0 Å². The summed E-state index contributed by atoms with van der Waals surface area (Å²) in [5.41, 5.74) is -1.04. The Bertz CT molecular complexity index is 659. The van der Waals surface area contributed by atoms with E-state index in [0.29, 0.717) is 5.02 Å². The maximum absolute atomic E-state index is 11.7. The third kappa shape index (κ3) is 2.39. The highest BCUT2D eigenvalue weighted by molar-refractivity contribution is 6.34. The number of halogens is 3. The van der Waals surface area contributed by atoms with Crippen LogP contribution in [0.1, 0.15) is 0 Å². The topological polar surface area (TPSA) is 54.9 Å². The predicted octanol–water partition coefficient (Wildman–Crippen LogP) is 2.49. The van der Waals surface area contributed by atoms with Crippen molar-refractivity contribution in [2.75, 3.05) is 0 Å². The Morgan fingerprint density at radius 1 is 1.06 bits per heavy atom. The Hall–Kier alpha value is -1.23. The summed E-state index contributed by atoms with van der Waals surface area (Å²) in [7, 11) is 0. The molecule has 0 fully saturated rings. The monoisotopic (exact) mass is 290 g/mol. The molecule has 0 saturated carbocycles. The SMILES string of the molecule is O=c1cc(Cl)[nH]c(=O)n1-c1cc(Cl)ccc1Cl. The number of nitrogens with zero attached hydrogens (tertiary/aromatic N) is 1. The van der Waals surface area contributed by atoms with Crippen LogP contribution < -0.4 is 11.2 Å². The Labute approximate surface area is 110 Å². The zero-order chi connectivity index (χ0) is 12.6. The van der Waals surface area contributed by atoms with Crippen LogP contribution in [0.5, 0.6) is 0 Å². The van der Waals surface area contributed by atoms with Gasteiger partial charge in [0.25, 0.3) is 5.56 Å². The Morgan fingerprint density at radius 2 is 1.76 bits per heavy atom. The molecule has 1 heterocycles. The molecule has 0 spiro atoms. The summed E-state index contributed by atoms with van der Waals surface area (Å²) in [6, 6.07) is 5.57. The van der Waals surface area contributed by atoms with Gasteiger partial charge < -0.3 is 0 Å². The van der Waals surface area contributed by atoms with Crippen molar-refractivity contribution in [1.29, 1.82) is 0 Å². The fourth-order valence-corrected chi connectivity index (χ4v) is 1.90. The third-order valence-electron chi connectivity index (χ3n) is 2.05. The van der Waals surface area contributed by atoms with Crippen molar-refractivity contribution < 1.29 is 0 Å². The van der Waals surface area contributed by atoms with E-state index < -0.39 is 11.2 Å². The van der Waals surface area contributed by atoms with Crippen molar-refractivity contribution in [2.45, 2.75) is 0 Å². The number of hydrogen-bond donors (Lipinski definition) is 1. The molecule has 4 nitrogen and oxygen atoms in total. The maximum Gasteiger partial charge on any atom is 0.334 e. The largest absolute Gasteiger partial charge is 0.334 e. The van der Waals surface area contributed by atoms with Crippen LogP contribution in [0.15, 0.2) is 33.9 Å². The highest BCUT2D eigenvalue weighted by Crippen LogP contribution is 2.22. The van der Waals surface area contributed by atoms with Gasteiger partial charge in [-0.25, -0.2) is 9.36 Å². The highest BCUT2D eigenvalue weighted by atomic mass is 35.5. The summed E-state index contributed by atoms with van der Waals surface area (Å²) < 4.78 is 0.861. The Morgan fingerprint density at radius 3 is 2.41 bits per heavy atom. The van der Waals surface area contributed by atoms with Crippen LogP contribution in [-0.4, -0.2) is 9.55 Å². The molecule has 1 N–H and O–H groups in total. The molecule has 0 aliphatic heterocycles. The average molecular weight is 292 g/mol. The van der Waals surface area contributed by atoms with E-state index in [-0.39, 0.29) is 15.9 Å². The second-order valence-corrected chi connectivity index (χ2v) is 4.44. The molecule has 0 bridgehead atoms. The van der Waals surface area contributed by atoms with E-state index >= 15 is 0 Å². The van der Waals surface area contributed by atoms with Crippen molar-refractivity contribution in [3.63, 3.8) is 0 Å². The lowest BCUT2D eigenvalue weighted by atomic mass is 10.3. The molecular weight excluding hydrogens is 286 g/mol. The van der Waals surface area contributed by atoms with E-state index in [1.165, 1.54) is 12.1 Å². The fraction of sp³-hybridized carbons (Fsp3) is 0. The van der Waals surface area contributed by atoms with Gasteiger partial charge in [0.1, 0.15) is 5.15 Å². The van der Waals surface area contributed by atoms with Crippen LogP contribution >= 0.6 is 34.8 Å². The van der Waals surface area contributed by atoms with E-state index in [2.05, 4.69) is 4.98 Å². The van der Waals surface area contributed by atoms with Crippen molar-refractivity contribution in [3.05, 3.63) is 60.3 Å². The van der Waals surface area contributed by atoms with Crippen LogP contribution in [0, 0.1) is 0 Å². The zero-order valence-corrected chi connectivity index (χ0v) is 10.5. The van der Waals surface area contributed by atoms with Gasteiger partial charge in [-0.2, -0.15) is 0 Å². The lowest BCUT2D eigenvalue weighted by Gasteiger charge is -2.06. The van der Waals surface area contributed by atoms with Gasteiger partial charge >= 0.3 is 5.69 Å². The third-order valence-corrected chi connectivity index (χ3v) is 2.81. The summed E-state index contributed by atoms with van der Waals surface area (Å²) in [6.45, 7) is 0. The Kier molecular flexibility index (Phi) is 3.28. The molecule has 17 heavy (non-hydrogen) atoms. The van der Waals surface area contributed by atoms with Gasteiger partial charge in [-0.3, -0.25) is 9.78 Å².